The third-order valence-corrected chi connectivity index (χ3v) is 7.18. The number of ether oxygens (including phenoxy) is 1. The average molecular weight is 430 g/mol. The Kier molecular flexibility index (Phi) is 6.35. The van der Waals surface area contributed by atoms with Crippen LogP contribution in [0.2, 0.25) is 0 Å². The smallest absolute Gasteiger partial charge is 0.325 e. The topological polar surface area (TPSA) is 79.0 Å². The Morgan fingerprint density at radius 2 is 1.81 bits per heavy atom. The molecule has 1 saturated carbocycles. The van der Waals surface area contributed by atoms with E-state index in [1.165, 1.54) is 0 Å². The molecule has 1 atom stereocenters. The van der Waals surface area contributed by atoms with Crippen LogP contribution in [0.5, 0.6) is 5.75 Å². The number of benzene rings is 1. The van der Waals surface area contributed by atoms with Crippen molar-refractivity contribution in [2.45, 2.75) is 65.0 Å². The van der Waals surface area contributed by atoms with Crippen molar-refractivity contribution >= 4 is 17.8 Å². The summed E-state index contributed by atoms with van der Waals surface area (Å²) in [6, 6.07) is 6.85. The Bertz CT molecular complexity index is 835. The van der Waals surface area contributed by atoms with Crippen LogP contribution < -0.4 is 10.1 Å². The molecular weight excluding hydrogens is 394 g/mol. The zero-order valence-electron chi connectivity index (χ0n) is 19.5. The number of hydrogen-bond donors (Lipinski definition) is 1. The molecule has 0 bridgehead atoms. The van der Waals surface area contributed by atoms with Gasteiger partial charge in [0.15, 0.2) is 0 Å². The van der Waals surface area contributed by atoms with E-state index >= 15 is 0 Å². The average Bonchev–Trinajstić information content (AvgIpc) is 2.96. The molecule has 0 radical (unpaired) electrons. The van der Waals surface area contributed by atoms with E-state index in [1.807, 2.05) is 31.2 Å². The number of likely N-dealkylation sites (N-methyl/N-ethyl adjacent to an activating group) is 1. The van der Waals surface area contributed by atoms with Crippen molar-refractivity contribution in [3.63, 3.8) is 0 Å². The van der Waals surface area contributed by atoms with Gasteiger partial charge in [-0.15, -0.1) is 0 Å². The Morgan fingerprint density at radius 3 is 2.32 bits per heavy atom. The van der Waals surface area contributed by atoms with E-state index < -0.39 is 11.6 Å². The summed E-state index contributed by atoms with van der Waals surface area (Å²) in [6.07, 6.45) is 3.04. The Morgan fingerprint density at radius 1 is 1.23 bits per heavy atom. The summed E-state index contributed by atoms with van der Waals surface area (Å²) < 4.78 is 5.18. The van der Waals surface area contributed by atoms with Crippen molar-refractivity contribution in [1.29, 1.82) is 0 Å². The van der Waals surface area contributed by atoms with Gasteiger partial charge in [-0.25, -0.2) is 4.79 Å². The first-order valence-electron chi connectivity index (χ1n) is 11.0. The lowest BCUT2D eigenvalue weighted by atomic mass is 9.67. The van der Waals surface area contributed by atoms with Gasteiger partial charge in [-0.2, -0.15) is 0 Å². The molecule has 4 amide bonds. The molecule has 170 valence electrons. The van der Waals surface area contributed by atoms with E-state index in [0.29, 0.717) is 18.8 Å². The van der Waals surface area contributed by atoms with Crippen molar-refractivity contribution in [3.8, 4) is 5.75 Å². The predicted molar refractivity (Wildman–Crippen MR) is 119 cm³/mol. The van der Waals surface area contributed by atoms with Gasteiger partial charge in [0.05, 0.1) is 13.2 Å². The second-order valence-electron chi connectivity index (χ2n) is 10.00. The summed E-state index contributed by atoms with van der Waals surface area (Å²) in [5, 5.41) is 2.91. The number of methoxy groups -OCH3 is 1. The largest absolute Gasteiger partial charge is 0.497 e. The maximum atomic E-state index is 13.2. The Labute approximate surface area is 185 Å². The molecular formula is C24H35N3O4. The lowest BCUT2D eigenvalue weighted by molar-refractivity contribution is -0.140. The first-order valence-corrected chi connectivity index (χ1v) is 11.0. The normalized spacial score (nSPS) is 24.8. The van der Waals surface area contributed by atoms with Crippen molar-refractivity contribution in [2.75, 3.05) is 20.7 Å². The van der Waals surface area contributed by atoms with E-state index in [9.17, 15) is 14.4 Å². The Balaban J connectivity index is 1.64. The van der Waals surface area contributed by atoms with Crippen molar-refractivity contribution in [3.05, 3.63) is 29.8 Å². The van der Waals surface area contributed by atoms with E-state index in [4.69, 9.17) is 4.74 Å². The molecule has 1 aliphatic heterocycles. The van der Waals surface area contributed by atoms with Gasteiger partial charge in [0, 0.05) is 7.05 Å². The molecule has 3 rings (SSSR count). The van der Waals surface area contributed by atoms with Gasteiger partial charge >= 0.3 is 6.03 Å². The molecule has 1 heterocycles. The molecule has 0 aromatic heterocycles. The van der Waals surface area contributed by atoms with Crippen molar-refractivity contribution < 1.29 is 19.1 Å². The van der Waals surface area contributed by atoms with E-state index in [1.54, 1.807) is 19.1 Å². The van der Waals surface area contributed by atoms with Crippen LogP contribution in [0.25, 0.3) is 0 Å². The van der Waals surface area contributed by atoms with Gasteiger partial charge < -0.3 is 15.0 Å². The van der Waals surface area contributed by atoms with Crippen LogP contribution in [-0.4, -0.2) is 53.9 Å². The zero-order valence-corrected chi connectivity index (χ0v) is 19.5. The molecule has 1 spiro atoms. The minimum Gasteiger partial charge on any atom is -0.497 e. The highest BCUT2D eigenvalue weighted by atomic mass is 16.5. The summed E-state index contributed by atoms with van der Waals surface area (Å²) in [4.78, 5) is 41.4. The number of rotatable bonds is 5. The molecule has 1 N–H and O–H groups in total. The van der Waals surface area contributed by atoms with E-state index in [0.717, 1.165) is 29.1 Å². The maximum Gasteiger partial charge on any atom is 0.325 e. The number of carbonyl (C=O) groups excluding carboxylic acids is 3. The quantitative estimate of drug-likeness (QED) is 0.723. The van der Waals surface area contributed by atoms with Crippen LogP contribution in [0.1, 0.15) is 65.0 Å². The number of nitrogens with zero attached hydrogens (tertiary/aromatic N) is 2. The third kappa shape index (κ3) is 4.55. The summed E-state index contributed by atoms with van der Waals surface area (Å²) in [7, 11) is 3.30. The molecule has 31 heavy (non-hydrogen) atoms. The molecule has 7 nitrogen and oxygen atoms in total. The summed E-state index contributed by atoms with van der Waals surface area (Å²) in [5.74, 6) is 0.738. The van der Waals surface area contributed by atoms with Crippen molar-refractivity contribution in [1.82, 2.24) is 15.1 Å². The summed E-state index contributed by atoms with van der Waals surface area (Å²) in [5.41, 5.74) is 0.286. The van der Waals surface area contributed by atoms with Crippen LogP contribution in [0, 0.1) is 11.3 Å². The molecule has 1 aromatic rings. The highest BCUT2D eigenvalue weighted by molar-refractivity contribution is 6.09. The van der Waals surface area contributed by atoms with Gasteiger partial charge in [-0.1, -0.05) is 32.9 Å². The van der Waals surface area contributed by atoms with Gasteiger partial charge in [0.1, 0.15) is 17.8 Å². The maximum absolute atomic E-state index is 13.2. The molecule has 2 fully saturated rings. The van der Waals surface area contributed by atoms with Gasteiger partial charge in [-0.05, 0) is 61.6 Å². The first-order chi connectivity index (χ1) is 14.5. The zero-order chi connectivity index (χ0) is 23.0. The fraction of sp³-hybridized carbons (Fsp3) is 0.625. The molecule has 1 unspecified atom stereocenters. The second kappa shape index (κ2) is 8.52. The number of urea groups is 1. The van der Waals surface area contributed by atoms with Crippen molar-refractivity contribution in [2.24, 2.45) is 11.3 Å². The third-order valence-electron chi connectivity index (χ3n) is 7.18. The number of imide groups is 1. The van der Waals surface area contributed by atoms with Gasteiger partial charge in [0.2, 0.25) is 5.91 Å². The molecule has 7 heteroatoms. The van der Waals surface area contributed by atoms with Crippen LogP contribution in [-0.2, 0) is 9.59 Å². The highest BCUT2D eigenvalue weighted by Gasteiger charge is 2.53. The molecule has 1 aliphatic carbocycles. The molecule has 1 saturated heterocycles. The van der Waals surface area contributed by atoms with E-state index in [2.05, 4.69) is 26.1 Å². The van der Waals surface area contributed by atoms with Gasteiger partial charge in [-0.3, -0.25) is 14.5 Å². The number of carbonyl (C=O) groups is 3. The van der Waals surface area contributed by atoms with Gasteiger partial charge in [0.25, 0.3) is 5.91 Å². The molecule has 1 aromatic carbocycles. The fourth-order valence-corrected chi connectivity index (χ4v) is 4.70. The minimum absolute atomic E-state index is 0.184. The Hall–Kier alpha value is -2.57. The minimum atomic E-state index is -0.848. The predicted octanol–water partition coefficient (Wildman–Crippen LogP) is 3.74. The standard InChI is InChI=1S/C24H35N3O4/c1-16(17-7-9-19(31-6)10-8-17)26(5)20(28)15-27-21(29)24(25-22(27)30)13-11-18(12-14-24)23(2,3)4/h7-10,16,18H,11-15H2,1-6H3,(H,25,30). The summed E-state index contributed by atoms with van der Waals surface area (Å²) >= 11 is 0. The lowest BCUT2D eigenvalue weighted by Gasteiger charge is -2.40. The first kappa shape index (κ1) is 23.1. The fourth-order valence-electron chi connectivity index (χ4n) is 4.70. The number of nitrogens with one attached hydrogen (secondary N) is 1. The summed E-state index contributed by atoms with van der Waals surface area (Å²) in [6.45, 7) is 8.33. The van der Waals surface area contributed by atoms with Crippen LogP contribution in [0.15, 0.2) is 24.3 Å². The number of hydrogen-bond acceptors (Lipinski definition) is 4. The molecule has 2 aliphatic rings. The van der Waals surface area contributed by atoms with Crippen LogP contribution >= 0.6 is 0 Å². The van der Waals surface area contributed by atoms with Crippen LogP contribution in [0.3, 0.4) is 0 Å². The number of amides is 4. The van der Waals surface area contributed by atoms with Crippen LogP contribution in [0.4, 0.5) is 4.79 Å². The second-order valence-corrected chi connectivity index (χ2v) is 10.00. The van der Waals surface area contributed by atoms with E-state index in [-0.39, 0.29) is 29.8 Å². The SMILES string of the molecule is COc1ccc(C(C)N(C)C(=O)CN2C(=O)NC3(CCC(C(C)(C)C)CC3)C2=O)cc1. The highest BCUT2D eigenvalue weighted by Crippen LogP contribution is 2.43. The lowest BCUT2D eigenvalue weighted by Crippen LogP contribution is -2.51. The monoisotopic (exact) mass is 429 g/mol.